The molecular weight excluding hydrogens is 352 g/mol. The van der Waals surface area contributed by atoms with Crippen molar-refractivity contribution in [3.63, 3.8) is 0 Å². The molecule has 2 heteroatoms. The maximum Gasteiger partial charge on any atom is 0.00369 e. The van der Waals surface area contributed by atoms with Crippen molar-refractivity contribution >= 4 is 21.6 Å². The van der Waals surface area contributed by atoms with Crippen LogP contribution in [0, 0.1) is 10.8 Å². The van der Waals surface area contributed by atoms with Crippen molar-refractivity contribution in [1.82, 2.24) is 0 Å². The van der Waals surface area contributed by atoms with Gasteiger partial charge in [0.25, 0.3) is 0 Å². The third-order valence-electron chi connectivity index (χ3n) is 4.89. The van der Waals surface area contributed by atoms with Gasteiger partial charge in [0.15, 0.2) is 0 Å². The smallest absolute Gasteiger partial charge is 0.00369 e. The van der Waals surface area contributed by atoms with Gasteiger partial charge in [0.2, 0.25) is 0 Å². The Hall–Kier alpha value is 0.700. The van der Waals surface area contributed by atoms with Crippen LogP contribution in [0.2, 0.25) is 0 Å². The van der Waals surface area contributed by atoms with Crippen LogP contribution < -0.4 is 0 Å². The molecule has 0 rings (SSSR count). The Kier molecular flexibility index (Phi) is 17.1. The summed E-state index contributed by atoms with van der Waals surface area (Å²) < 4.78 is 0. The Morgan fingerprint density at radius 3 is 0.962 bits per heavy atom. The van der Waals surface area contributed by atoms with Crippen molar-refractivity contribution in [1.29, 1.82) is 0 Å². The van der Waals surface area contributed by atoms with Crippen LogP contribution in [0.15, 0.2) is 0 Å². The average Bonchev–Trinajstić information content (AvgIpc) is 2.51. The molecule has 0 unspecified atom stereocenters. The van der Waals surface area contributed by atoms with Gasteiger partial charge in [-0.05, 0) is 36.5 Å². The summed E-state index contributed by atoms with van der Waals surface area (Å²) in [5.74, 6) is 2.72. The van der Waals surface area contributed by atoms with Gasteiger partial charge in [-0.1, -0.05) is 127 Å². The highest BCUT2D eigenvalue weighted by atomic mass is 33.1. The van der Waals surface area contributed by atoms with E-state index in [1.54, 1.807) is 0 Å². The maximum atomic E-state index is 2.36. The van der Waals surface area contributed by atoms with Crippen LogP contribution in [0.5, 0.6) is 0 Å². The molecule has 0 saturated heterocycles. The van der Waals surface area contributed by atoms with Crippen LogP contribution in [0.3, 0.4) is 0 Å². The minimum atomic E-state index is 0.528. The molecule has 0 N–H and O–H groups in total. The maximum absolute atomic E-state index is 2.36. The lowest BCUT2D eigenvalue weighted by atomic mass is 9.89. The summed E-state index contributed by atoms with van der Waals surface area (Å²) in [6.45, 7) is 14.1. The molecule has 0 aliphatic rings. The summed E-state index contributed by atoms with van der Waals surface area (Å²) >= 11 is 0. The van der Waals surface area contributed by atoms with E-state index in [4.69, 9.17) is 0 Å². The zero-order valence-electron chi connectivity index (χ0n) is 19.1. The van der Waals surface area contributed by atoms with E-state index >= 15 is 0 Å². The second-order valence-electron chi connectivity index (χ2n) is 10.5. The molecule has 0 aromatic carbocycles. The third-order valence-corrected chi connectivity index (χ3v) is 7.47. The molecule has 158 valence electrons. The number of rotatable bonds is 17. The van der Waals surface area contributed by atoms with E-state index in [-0.39, 0.29) is 0 Å². The quantitative estimate of drug-likeness (QED) is 0.175. The summed E-state index contributed by atoms with van der Waals surface area (Å²) in [6.07, 6.45) is 20.0. The van der Waals surface area contributed by atoms with E-state index in [0.29, 0.717) is 10.8 Å². The number of hydrogen-bond donors (Lipinski definition) is 0. The highest BCUT2D eigenvalue weighted by Gasteiger charge is 2.09. The highest BCUT2D eigenvalue weighted by Crippen LogP contribution is 2.26. The van der Waals surface area contributed by atoms with Crippen LogP contribution in [0.1, 0.15) is 131 Å². The third kappa shape index (κ3) is 24.7. The van der Waals surface area contributed by atoms with Gasteiger partial charge in [-0.25, -0.2) is 0 Å². The molecule has 26 heavy (non-hydrogen) atoms. The summed E-state index contributed by atoms with van der Waals surface area (Å²) in [4.78, 5) is 0. The molecule has 0 aromatic rings. The van der Waals surface area contributed by atoms with Crippen molar-refractivity contribution < 1.29 is 0 Å². The predicted molar refractivity (Wildman–Crippen MR) is 128 cm³/mol. The van der Waals surface area contributed by atoms with Crippen LogP contribution >= 0.6 is 21.6 Å². The van der Waals surface area contributed by atoms with Gasteiger partial charge in [-0.15, -0.1) is 0 Å². The lowest BCUT2D eigenvalue weighted by molar-refractivity contribution is 0.356. The standard InChI is InChI=1S/C24H50S2/c1-23(2,3)19-15-11-7-9-13-17-21-25-26-22-18-14-10-8-12-16-20-24(4,5)6/h7-22H2,1-6H3. The molecule has 0 radical (unpaired) electrons. The van der Waals surface area contributed by atoms with Gasteiger partial charge in [0.1, 0.15) is 0 Å². The zero-order valence-corrected chi connectivity index (χ0v) is 20.8. The lowest BCUT2D eigenvalue weighted by Crippen LogP contribution is -2.03. The molecule has 0 bridgehead atoms. The SMILES string of the molecule is CC(C)(C)CCCCCCCCSSCCCCCCCCC(C)(C)C. The Bertz CT molecular complexity index is 256. The number of unbranched alkanes of at least 4 members (excludes halogenated alkanes) is 10. The molecule has 0 aromatic heterocycles. The summed E-state index contributed by atoms with van der Waals surface area (Å²) in [5.41, 5.74) is 1.06. The first-order valence-electron chi connectivity index (χ1n) is 11.5. The molecule has 0 fully saturated rings. The Labute approximate surface area is 175 Å². The predicted octanol–water partition coefficient (Wildman–Crippen LogP) is 9.92. The zero-order chi connectivity index (χ0) is 19.7. The molecule has 0 saturated carbocycles. The molecule has 0 atom stereocenters. The van der Waals surface area contributed by atoms with Crippen LogP contribution in [0.4, 0.5) is 0 Å². The monoisotopic (exact) mass is 402 g/mol. The summed E-state index contributed by atoms with van der Waals surface area (Å²) in [6, 6.07) is 0. The first kappa shape index (κ1) is 26.7. The molecule has 0 nitrogen and oxygen atoms in total. The first-order valence-corrected chi connectivity index (χ1v) is 13.9. The van der Waals surface area contributed by atoms with Gasteiger partial charge < -0.3 is 0 Å². The summed E-state index contributed by atoms with van der Waals surface area (Å²) in [5, 5.41) is 0. The van der Waals surface area contributed by atoms with Crippen molar-refractivity contribution in [2.24, 2.45) is 10.8 Å². The van der Waals surface area contributed by atoms with Crippen molar-refractivity contribution in [2.75, 3.05) is 11.5 Å². The molecule has 0 amide bonds. The van der Waals surface area contributed by atoms with E-state index in [1.165, 1.54) is 101 Å². The topological polar surface area (TPSA) is 0 Å². The molecule has 0 aliphatic carbocycles. The van der Waals surface area contributed by atoms with Crippen molar-refractivity contribution in [2.45, 2.75) is 131 Å². The van der Waals surface area contributed by atoms with E-state index in [2.05, 4.69) is 63.1 Å². The Morgan fingerprint density at radius 1 is 0.385 bits per heavy atom. The Morgan fingerprint density at radius 2 is 0.654 bits per heavy atom. The Balaban J connectivity index is 3.07. The van der Waals surface area contributed by atoms with Crippen LogP contribution in [-0.4, -0.2) is 11.5 Å². The van der Waals surface area contributed by atoms with Gasteiger partial charge >= 0.3 is 0 Å². The van der Waals surface area contributed by atoms with Gasteiger partial charge in [0, 0.05) is 11.5 Å². The first-order chi connectivity index (χ1) is 12.2. The second-order valence-corrected chi connectivity index (χ2v) is 13.2. The van der Waals surface area contributed by atoms with Crippen LogP contribution in [0.25, 0.3) is 0 Å². The lowest BCUT2D eigenvalue weighted by Gasteiger charge is -2.17. The minimum absolute atomic E-state index is 0.528. The highest BCUT2D eigenvalue weighted by molar-refractivity contribution is 8.76. The molecular formula is C24H50S2. The van der Waals surface area contributed by atoms with E-state index in [1.807, 2.05) is 0 Å². The largest absolute Gasteiger partial charge is 0.0942 e. The fourth-order valence-corrected chi connectivity index (χ4v) is 5.46. The number of hydrogen-bond acceptors (Lipinski definition) is 2. The van der Waals surface area contributed by atoms with Crippen molar-refractivity contribution in [3.8, 4) is 0 Å². The normalized spacial score (nSPS) is 12.7. The molecule has 0 heterocycles. The molecule has 0 aliphatic heterocycles. The van der Waals surface area contributed by atoms with E-state index < -0.39 is 0 Å². The fourth-order valence-electron chi connectivity index (χ4n) is 3.16. The van der Waals surface area contributed by atoms with Crippen LogP contribution in [-0.2, 0) is 0 Å². The summed E-state index contributed by atoms with van der Waals surface area (Å²) in [7, 11) is 4.23. The second kappa shape index (κ2) is 16.6. The van der Waals surface area contributed by atoms with Crippen molar-refractivity contribution in [3.05, 3.63) is 0 Å². The van der Waals surface area contributed by atoms with Gasteiger partial charge in [-0.2, -0.15) is 0 Å². The average molecular weight is 403 g/mol. The fraction of sp³-hybridized carbons (Fsp3) is 1.00. The van der Waals surface area contributed by atoms with E-state index in [9.17, 15) is 0 Å². The van der Waals surface area contributed by atoms with Gasteiger partial charge in [-0.3, -0.25) is 0 Å². The van der Waals surface area contributed by atoms with Gasteiger partial charge in [0.05, 0.1) is 0 Å². The minimum Gasteiger partial charge on any atom is -0.0942 e. The van der Waals surface area contributed by atoms with E-state index in [0.717, 1.165) is 0 Å². The molecule has 0 spiro atoms.